The van der Waals surface area contributed by atoms with E-state index in [0.29, 0.717) is 0 Å². The summed E-state index contributed by atoms with van der Waals surface area (Å²) in [6, 6.07) is 2.72. The molecule has 1 rings (SSSR count). The minimum atomic E-state index is -1.29. The Bertz CT molecular complexity index is 462. The monoisotopic (exact) mass is 277 g/mol. The first-order valence-corrected chi connectivity index (χ1v) is 5.38. The molecule has 0 aliphatic heterocycles. The molecule has 17 heavy (non-hydrogen) atoms. The molecule has 0 aliphatic carbocycles. The summed E-state index contributed by atoms with van der Waals surface area (Å²) in [5.74, 6) is -1.29. The van der Waals surface area contributed by atoms with Crippen molar-refractivity contribution in [2.24, 2.45) is 0 Å². The van der Waals surface area contributed by atoms with E-state index in [1.54, 1.807) is 6.92 Å². The van der Waals surface area contributed by atoms with Crippen molar-refractivity contribution in [2.45, 2.75) is 6.92 Å². The van der Waals surface area contributed by atoms with Crippen molar-refractivity contribution in [3.8, 4) is 0 Å². The van der Waals surface area contributed by atoms with Crippen molar-refractivity contribution in [2.75, 3.05) is 11.9 Å². The van der Waals surface area contributed by atoms with Gasteiger partial charge in [-0.15, -0.1) is 0 Å². The van der Waals surface area contributed by atoms with Gasteiger partial charge in [-0.25, -0.2) is 9.59 Å². The van der Waals surface area contributed by atoms with Crippen molar-refractivity contribution < 1.29 is 19.4 Å². The molecule has 1 aromatic carbocycles. The van der Waals surface area contributed by atoms with E-state index in [9.17, 15) is 9.59 Å². The number of anilines is 1. The Labute approximate surface area is 107 Å². The van der Waals surface area contributed by atoms with Gasteiger partial charge < -0.3 is 9.84 Å². The van der Waals surface area contributed by atoms with Gasteiger partial charge in [-0.1, -0.05) is 23.2 Å². The zero-order chi connectivity index (χ0) is 13.0. The van der Waals surface area contributed by atoms with E-state index in [4.69, 9.17) is 28.3 Å². The molecule has 0 radical (unpaired) electrons. The van der Waals surface area contributed by atoms with E-state index < -0.39 is 12.1 Å². The summed E-state index contributed by atoms with van der Waals surface area (Å²) in [5.41, 5.74) is -0.350. The van der Waals surface area contributed by atoms with E-state index in [0.717, 1.165) is 0 Å². The Morgan fingerprint density at radius 1 is 1.35 bits per heavy atom. The number of amides is 1. The standard InChI is InChI=1S/C10H9Cl2NO4/c1-2-17-10(16)13-8-6(12)4-3-5(11)7(8)9(14)15/h3-4H,2H2,1H3,(H,13,16)(H,14,15). The lowest BCUT2D eigenvalue weighted by atomic mass is 10.2. The number of hydrogen-bond acceptors (Lipinski definition) is 3. The average molecular weight is 278 g/mol. The van der Waals surface area contributed by atoms with Crippen molar-refractivity contribution >= 4 is 41.0 Å². The molecule has 0 spiro atoms. The van der Waals surface area contributed by atoms with Crippen molar-refractivity contribution in [1.82, 2.24) is 0 Å². The topological polar surface area (TPSA) is 75.6 Å². The molecular formula is C10H9Cl2NO4. The van der Waals surface area contributed by atoms with Crippen LogP contribution in [0.4, 0.5) is 10.5 Å². The van der Waals surface area contributed by atoms with Gasteiger partial charge in [0.15, 0.2) is 0 Å². The highest BCUT2D eigenvalue weighted by Gasteiger charge is 2.19. The number of benzene rings is 1. The molecule has 0 aliphatic rings. The van der Waals surface area contributed by atoms with Crippen LogP contribution in [0.2, 0.25) is 10.0 Å². The van der Waals surface area contributed by atoms with Crippen LogP contribution in [0.15, 0.2) is 12.1 Å². The molecule has 1 amide bonds. The van der Waals surface area contributed by atoms with Gasteiger partial charge in [-0.05, 0) is 19.1 Å². The van der Waals surface area contributed by atoms with Gasteiger partial charge >= 0.3 is 12.1 Å². The third kappa shape index (κ3) is 3.25. The molecule has 0 atom stereocenters. The largest absolute Gasteiger partial charge is 0.478 e. The van der Waals surface area contributed by atoms with Crippen molar-refractivity contribution in [3.05, 3.63) is 27.7 Å². The molecule has 2 N–H and O–H groups in total. The predicted molar refractivity (Wildman–Crippen MR) is 64.1 cm³/mol. The van der Waals surface area contributed by atoms with Crippen LogP contribution >= 0.6 is 23.2 Å². The Balaban J connectivity index is 3.16. The summed E-state index contributed by atoms with van der Waals surface area (Å²) >= 11 is 11.5. The molecule has 7 heteroatoms. The van der Waals surface area contributed by atoms with E-state index in [-0.39, 0.29) is 27.9 Å². The van der Waals surface area contributed by atoms with Gasteiger partial charge in [0.05, 0.1) is 22.3 Å². The molecule has 0 aromatic heterocycles. The van der Waals surface area contributed by atoms with Gasteiger partial charge in [0.1, 0.15) is 5.56 Å². The third-order valence-electron chi connectivity index (χ3n) is 1.82. The minimum Gasteiger partial charge on any atom is -0.478 e. The Morgan fingerprint density at radius 2 is 1.94 bits per heavy atom. The fourth-order valence-corrected chi connectivity index (χ4v) is 1.60. The maximum absolute atomic E-state index is 11.2. The summed E-state index contributed by atoms with van der Waals surface area (Å²) < 4.78 is 4.63. The summed E-state index contributed by atoms with van der Waals surface area (Å²) in [6.45, 7) is 1.78. The average Bonchev–Trinajstić information content (AvgIpc) is 2.23. The fourth-order valence-electron chi connectivity index (χ4n) is 1.15. The highest BCUT2D eigenvalue weighted by Crippen LogP contribution is 2.31. The summed E-state index contributed by atoms with van der Waals surface area (Å²) in [4.78, 5) is 22.2. The number of halogens is 2. The zero-order valence-electron chi connectivity index (χ0n) is 8.79. The van der Waals surface area contributed by atoms with Crippen LogP contribution in [-0.2, 0) is 4.74 Å². The highest BCUT2D eigenvalue weighted by molar-refractivity contribution is 6.38. The summed E-state index contributed by atoms with van der Waals surface area (Å²) in [5, 5.41) is 11.3. The second-order valence-corrected chi connectivity index (χ2v) is 3.74. The van der Waals surface area contributed by atoms with Crippen LogP contribution in [-0.4, -0.2) is 23.8 Å². The van der Waals surface area contributed by atoms with Gasteiger partial charge in [0.2, 0.25) is 0 Å². The lowest BCUT2D eigenvalue weighted by Crippen LogP contribution is -2.16. The molecular weight excluding hydrogens is 269 g/mol. The number of rotatable bonds is 3. The van der Waals surface area contributed by atoms with Gasteiger partial charge in [0, 0.05) is 0 Å². The second-order valence-electron chi connectivity index (χ2n) is 2.93. The number of ether oxygens (including phenoxy) is 1. The zero-order valence-corrected chi connectivity index (χ0v) is 10.3. The number of carbonyl (C=O) groups is 2. The van der Waals surface area contributed by atoms with Crippen LogP contribution in [0, 0.1) is 0 Å². The van der Waals surface area contributed by atoms with Crippen LogP contribution in [0.5, 0.6) is 0 Å². The maximum atomic E-state index is 11.2. The molecule has 0 saturated heterocycles. The molecule has 0 fully saturated rings. The van der Waals surface area contributed by atoms with E-state index in [1.165, 1.54) is 12.1 Å². The Morgan fingerprint density at radius 3 is 2.47 bits per heavy atom. The van der Waals surface area contributed by atoms with E-state index in [1.807, 2.05) is 0 Å². The summed E-state index contributed by atoms with van der Waals surface area (Å²) in [7, 11) is 0. The molecule has 1 aromatic rings. The van der Waals surface area contributed by atoms with Crippen LogP contribution in [0.1, 0.15) is 17.3 Å². The third-order valence-corrected chi connectivity index (χ3v) is 2.45. The van der Waals surface area contributed by atoms with E-state index in [2.05, 4.69) is 10.1 Å². The lowest BCUT2D eigenvalue weighted by Gasteiger charge is -2.11. The van der Waals surface area contributed by atoms with E-state index >= 15 is 0 Å². The predicted octanol–water partition coefficient (Wildman–Crippen LogP) is 3.26. The Hall–Kier alpha value is -1.46. The Kier molecular flexibility index (Phi) is 4.60. The molecule has 0 heterocycles. The number of carbonyl (C=O) groups excluding carboxylic acids is 1. The second kappa shape index (κ2) is 5.75. The van der Waals surface area contributed by atoms with Crippen molar-refractivity contribution in [1.29, 1.82) is 0 Å². The molecule has 0 unspecified atom stereocenters. The molecule has 5 nitrogen and oxygen atoms in total. The first-order chi connectivity index (χ1) is 7.97. The van der Waals surface area contributed by atoms with Gasteiger partial charge in [0.25, 0.3) is 0 Å². The van der Waals surface area contributed by atoms with Crippen LogP contribution in [0.3, 0.4) is 0 Å². The number of nitrogens with one attached hydrogen (secondary N) is 1. The SMILES string of the molecule is CCOC(=O)Nc1c(Cl)ccc(Cl)c1C(=O)O. The number of carboxylic acid groups (broad SMARTS) is 1. The van der Waals surface area contributed by atoms with Crippen molar-refractivity contribution in [3.63, 3.8) is 0 Å². The molecule has 92 valence electrons. The number of hydrogen-bond donors (Lipinski definition) is 2. The minimum absolute atomic E-state index is 0.0197. The molecule has 0 saturated carbocycles. The first-order valence-electron chi connectivity index (χ1n) is 4.62. The normalized spacial score (nSPS) is 9.82. The fraction of sp³-hybridized carbons (Fsp3) is 0.200. The number of carboxylic acids is 1. The smallest absolute Gasteiger partial charge is 0.411 e. The van der Waals surface area contributed by atoms with Crippen LogP contribution in [0.25, 0.3) is 0 Å². The van der Waals surface area contributed by atoms with Gasteiger partial charge in [-0.3, -0.25) is 5.32 Å². The summed E-state index contributed by atoms with van der Waals surface area (Å²) in [6.07, 6.45) is -0.792. The lowest BCUT2D eigenvalue weighted by molar-refractivity contribution is 0.0698. The van der Waals surface area contributed by atoms with Gasteiger partial charge in [-0.2, -0.15) is 0 Å². The quantitative estimate of drug-likeness (QED) is 0.889. The maximum Gasteiger partial charge on any atom is 0.411 e. The number of aromatic carboxylic acids is 1. The van der Waals surface area contributed by atoms with Crippen LogP contribution < -0.4 is 5.32 Å². The first kappa shape index (κ1) is 13.6. The molecule has 0 bridgehead atoms. The highest BCUT2D eigenvalue weighted by atomic mass is 35.5.